The molecule has 6 N–H and O–H groups in total. The van der Waals surface area contributed by atoms with Crippen LogP contribution in [0, 0.1) is 0 Å². The SMILES string of the molecule is Nc1ncnc2c1ncn2CCNCCCNCCCNc1c2ccccc2nc2c(C(=O)Nc3cc4cccnc4c4ncccc34)cccc12. The smallest absolute Gasteiger partial charge is 0.257 e. The van der Waals surface area contributed by atoms with Crippen molar-refractivity contribution in [3.8, 4) is 0 Å². The highest BCUT2D eigenvalue weighted by atomic mass is 16.1. The van der Waals surface area contributed by atoms with Crippen molar-refractivity contribution in [1.29, 1.82) is 0 Å². The van der Waals surface area contributed by atoms with Gasteiger partial charge >= 0.3 is 0 Å². The maximum atomic E-state index is 14.0. The lowest BCUT2D eigenvalue weighted by Crippen LogP contribution is -2.25. The molecule has 0 fully saturated rings. The maximum Gasteiger partial charge on any atom is 0.257 e. The Bertz CT molecular complexity index is 2550. The van der Waals surface area contributed by atoms with Crippen molar-refractivity contribution < 1.29 is 4.79 Å². The Morgan fingerprint density at radius 3 is 2.37 bits per heavy atom. The lowest BCUT2D eigenvalue weighted by molar-refractivity contribution is 0.102. The van der Waals surface area contributed by atoms with Gasteiger partial charge in [0.05, 0.1) is 45.3 Å². The van der Waals surface area contributed by atoms with Gasteiger partial charge in [0, 0.05) is 53.6 Å². The highest BCUT2D eigenvalue weighted by molar-refractivity contribution is 6.20. The number of pyridine rings is 3. The average Bonchev–Trinajstić information content (AvgIpc) is 3.60. The molecule has 5 heterocycles. The largest absolute Gasteiger partial charge is 0.384 e. The van der Waals surface area contributed by atoms with E-state index < -0.39 is 0 Å². The molecule has 3 aromatic carbocycles. The van der Waals surface area contributed by atoms with Gasteiger partial charge in [0.2, 0.25) is 0 Å². The zero-order valence-electron chi connectivity index (χ0n) is 28.5. The van der Waals surface area contributed by atoms with Crippen LogP contribution in [0.1, 0.15) is 23.2 Å². The van der Waals surface area contributed by atoms with E-state index in [0.29, 0.717) is 28.1 Å². The summed E-state index contributed by atoms with van der Waals surface area (Å²) in [4.78, 5) is 40.7. The number of para-hydroxylation sites is 2. The Labute approximate surface area is 299 Å². The number of nitrogen functional groups attached to an aromatic ring is 1. The van der Waals surface area contributed by atoms with E-state index in [4.69, 9.17) is 10.7 Å². The van der Waals surface area contributed by atoms with Gasteiger partial charge in [-0.3, -0.25) is 14.8 Å². The third-order valence-corrected chi connectivity index (χ3v) is 9.16. The molecule has 0 atom stereocenters. The summed E-state index contributed by atoms with van der Waals surface area (Å²) in [7, 11) is 0. The van der Waals surface area contributed by atoms with Gasteiger partial charge in [0.15, 0.2) is 11.5 Å². The number of nitrogens with one attached hydrogen (secondary N) is 4. The highest BCUT2D eigenvalue weighted by Gasteiger charge is 2.18. The van der Waals surface area contributed by atoms with Crippen molar-refractivity contribution >= 4 is 77.9 Å². The third-order valence-electron chi connectivity index (χ3n) is 9.16. The second kappa shape index (κ2) is 14.9. The number of anilines is 3. The molecule has 0 bridgehead atoms. The molecule has 0 aliphatic rings. The monoisotopic (exact) mass is 690 g/mol. The van der Waals surface area contributed by atoms with Gasteiger partial charge in [-0.05, 0) is 68.9 Å². The molecule has 0 aliphatic carbocycles. The van der Waals surface area contributed by atoms with Crippen LogP contribution in [-0.4, -0.2) is 73.1 Å². The molecule has 13 nitrogen and oxygen atoms in total. The summed E-state index contributed by atoms with van der Waals surface area (Å²) in [6.45, 7) is 5.05. The fourth-order valence-corrected chi connectivity index (χ4v) is 6.63. The summed E-state index contributed by atoms with van der Waals surface area (Å²) in [5, 5.41) is 17.5. The predicted molar refractivity (Wildman–Crippen MR) is 207 cm³/mol. The van der Waals surface area contributed by atoms with E-state index in [1.165, 1.54) is 6.33 Å². The van der Waals surface area contributed by atoms with Crippen LogP contribution in [0.3, 0.4) is 0 Å². The van der Waals surface area contributed by atoms with Crippen LogP contribution in [-0.2, 0) is 6.54 Å². The van der Waals surface area contributed by atoms with Gasteiger partial charge < -0.3 is 31.6 Å². The number of carbonyl (C=O) groups excluding carboxylic acids is 1. The second-order valence-corrected chi connectivity index (χ2v) is 12.6. The molecule has 0 radical (unpaired) electrons. The van der Waals surface area contributed by atoms with Crippen LogP contribution in [0.4, 0.5) is 17.2 Å². The van der Waals surface area contributed by atoms with Gasteiger partial charge in [0.1, 0.15) is 11.8 Å². The van der Waals surface area contributed by atoms with Gasteiger partial charge in [-0.15, -0.1) is 0 Å². The Morgan fingerprint density at radius 2 is 1.46 bits per heavy atom. The van der Waals surface area contributed by atoms with E-state index >= 15 is 0 Å². The standard InChI is InChI=1S/C39H38N12O/c40-37-36-38(47-23-46-37)51(24-48-36)21-20-42-15-6-14-41-16-7-19-44-33-26-9-1-2-13-30(26)49-34-28(33)10-3-11-29(34)39(52)50-31-22-25-8-4-17-43-32(25)35-27(31)12-5-18-45-35/h1-5,8-13,17-18,22-24,41-42H,6-7,14-16,19-21H2,(H,44,49)(H,50,52)(H2,40,46,47). The Hall–Kier alpha value is -6.31. The minimum atomic E-state index is -0.235. The lowest BCUT2D eigenvalue weighted by Gasteiger charge is -2.16. The number of aromatic nitrogens is 7. The lowest BCUT2D eigenvalue weighted by atomic mass is 10.0. The fourth-order valence-electron chi connectivity index (χ4n) is 6.63. The molecule has 8 aromatic rings. The van der Waals surface area contributed by atoms with Gasteiger partial charge in [0.25, 0.3) is 5.91 Å². The number of carbonyl (C=O) groups is 1. The minimum Gasteiger partial charge on any atom is -0.384 e. The third kappa shape index (κ3) is 6.62. The molecule has 8 rings (SSSR count). The van der Waals surface area contributed by atoms with Crippen LogP contribution in [0.15, 0.2) is 97.8 Å². The zero-order valence-corrected chi connectivity index (χ0v) is 28.5. The number of hydrogen-bond donors (Lipinski definition) is 5. The summed E-state index contributed by atoms with van der Waals surface area (Å²) >= 11 is 0. The zero-order chi connectivity index (χ0) is 35.3. The number of nitrogens with zero attached hydrogens (tertiary/aromatic N) is 7. The Balaban J connectivity index is 0.887. The summed E-state index contributed by atoms with van der Waals surface area (Å²) in [5.74, 6) is 0.166. The average molecular weight is 691 g/mol. The van der Waals surface area contributed by atoms with E-state index in [1.54, 1.807) is 18.7 Å². The Morgan fingerprint density at radius 1 is 0.692 bits per heavy atom. The number of nitrogens with two attached hydrogens (primary N) is 1. The molecular weight excluding hydrogens is 653 g/mol. The van der Waals surface area contributed by atoms with Crippen LogP contribution in [0.25, 0.3) is 54.8 Å². The molecule has 0 spiro atoms. The maximum absolute atomic E-state index is 14.0. The quantitative estimate of drug-likeness (QED) is 0.0552. The van der Waals surface area contributed by atoms with Crippen molar-refractivity contribution in [2.75, 3.05) is 49.1 Å². The van der Waals surface area contributed by atoms with Crippen LogP contribution in [0.5, 0.6) is 0 Å². The van der Waals surface area contributed by atoms with Gasteiger partial charge in [-0.25, -0.2) is 19.9 Å². The highest BCUT2D eigenvalue weighted by Crippen LogP contribution is 2.34. The normalized spacial score (nSPS) is 11.6. The molecule has 0 aliphatic heterocycles. The molecule has 13 heteroatoms. The van der Waals surface area contributed by atoms with E-state index in [-0.39, 0.29) is 5.91 Å². The molecule has 260 valence electrons. The van der Waals surface area contributed by atoms with Crippen LogP contribution in [0.2, 0.25) is 0 Å². The van der Waals surface area contributed by atoms with Gasteiger partial charge in [-0.1, -0.05) is 36.4 Å². The molecule has 0 unspecified atom stereocenters. The van der Waals surface area contributed by atoms with Crippen LogP contribution >= 0.6 is 0 Å². The van der Waals surface area contributed by atoms with E-state index in [1.807, 2.05) is 71.3 Å². The second-order valence-electron chi connectivity index (χ2n) is 12.6. The predicted octanol–water partition coefficient (Wildman–Crippen LogP) is 5.53. The first-order valence-corrected chi connectivity index (χ1v) is 17.5. The first-order chi connectivity index (χ1) is 25.7. The number of imidazole rings is 1. The topological polar surface area (TPSA) is 173 Å². The van der Waals surface area contributed by atoms with Crippen LogP contribution < -0.4 is 27.0 Å². The molecule has 52 heavy (non-hydrogen) atoms. The van der Waals surface area contributed by atoms with E-state index in [9.17, 15) is 4.79 Å². The van der Waals surface area contributed by atoms with Gasteiger partial charge in [-0.2, -0.15) is 0 Å². The summed E-state index contributed by atoms with van der Waals surface area (Å²) in [6, 6.07) is 23.4. The van der Waals surface area contributed by atoms with E-state index in [0.717, 1.165) is 102 Å². The Kier molecular flexibility index (Phi) is 9.41. The summed E-state index contributed by atoms with van der Waals surface area (Å²) < 4.78 is 1.99. The van der Waals surface area contributed by atoms with Crippen molar-refractivity contribution in [3.05, 3.63) is 103 Å². The number of amides is 1. The first kappa shape index (κ1) is 32.9. The summed E-state index contributed by atoms with van der Waals surface area (Å²) in [5.41, 5.74) is 12.5. The molecule has 0 saturated heterocycles. The fraction of sp³-hybridized carbons (Fsp3) is 0.205. The van der Waals surface area contributed by atoms with Crippen molar-refractivity contribution in [3.63, 3.8) is 0 Å². The molecule has 0 saturated carbocycles. The number of hydrogen-bond acceptors (Lipinski definition) is 11. The molecule has 5 aromatic heterocycles. The van der Waals surface area contributed by atoms with E-state index in [2.05, 4.69) is 52.3 Å². The first-order valence-electron chi connectivity index (χ1n) is 17.5. The van der Waals surface area contributed by atoms with Crippen molar-refractivity contribution in [2.45, 2.75) is 19.4 Å². The number of fused-ring (bicyclic) bond motifs is 6. The van der Waals surface area contributed by atoms with Crippen molar-refractivity contribution in [2.24, 2.45) is 0 Å². The van der Waals surface area contributed by atoms with Crippen molar-refractivity contribution in [1.82, 2.24) is 45.1 Å². The molecule has 1 amide bonds. The number of rotatable bonds is 14. The summed E-state index contributed by atoms with van der Waals surface area (Å²) in [6.07, 6.45) is 8.67. The molecular formula is C39H38N12O. The minimum absolute atomic E-state index is 0.235. The number of benzene rings is 3.